The summed E-state index contributed by atoms with van der Waals surface area (Å²) in [4.78, 5) is 23.2. The van der Waals surface area contributed by atoms with E-state index in [-0.39, 0.29) is 5.92 Å². The number of hydrogen-bond acceptors (Lipinski definition) is 4. The fourth-order valence-corrected chi connectivity index (χ4v) is 2.38. The van der Waals surface area contributed by atoms with Crippen LogP contribution in [0.3, 0.4) is 0 Å². The molecule has 0 spiro atoms. The maximum Gasteiger partial charge on any atom is 0.326 e. The molecule has 1 aromatic rings. The molecule has 0 bridgehead atoms. The van der Waals surface area contributed by atoms with Gasteiger partial charge >= 0.3 is 5.97 Å². The van der Waals surface area contributed by atoms with Gasteiger partial charge in [-0.2, -0.15) is 8.73 Å². The van der Waals surface area contributed by atoms with Gasteiger partial charge in [0.05, 0.1) is 11.4 Å². The van der Waals surface area contributed by atoms with Gasteiger partial charge in [0.1, 0.15) is 17.4 Å². The van der Waals surface area contributed by atoms with Gasteiger partial charge in [-0.3, -0.25) is 4.79 Å². The minimum Gasteiger partial charge on any atom is -0.480 e. The molecule has 2 N–H and O–H groups in total. The predicted molar refractivity (Wildman–Crippen MR) is 76.3 cm³/mol. The number of carbonyl (C=O) groups is 2. The maximum atomic E-state index is 12.1. The Kier molecular flexibility index (Phi) is 4.29. The minimum absolute atomic E-state index is 0.182. The summed E-state index contributed by atoms with van der Waals surface area (Å²) in [5, 5.41) is 11.7. The zero-order valence-corrected chi connectivity index (χ0v) is 12.0. The van der Waals surface area contributed by atoms with Crippen LogP contribution in [0.1, 0.15) is 30.6 Å². The highest BCUT2D eigenvalue weighted by molar-refractivity contribution is 7.58. The van der Waals surface area contributed by atoms with Gasteiger partial charge in [0.2, 0.25) is 0 Å². The van der Waals surface area contributed by atoms with Crippen molar-refractivity contribution in [1.29, 1.82) is 0 Å². The number of amides is 1. The summed E-state index contributed by atoms with van der Waals surface area (Å²) >= 11 is 1.07. The van der Waals surface area contributed by atoms with E-state index >= 15 is 0 Å². The summed E-state index contributed by atoms with van der Waals surface area (Å²) in [6.07, 6.45) is 0.390. The van der Waals surface area contributed by atoms with Crippen LogP contribution in [0, 0.1) is 5.92 Å². The first-order valence-corrected chi connectivity index (χ1v) is 6.96. The average Bonchev–Trinajstić information content (AvgIpc) is 2.84. The largest absolute Gasteiger partial charge is 0.480 e. The second-order valence-corrected chi connectivity index (χ2v) is 5.49. The van der Waals surface area contributed by atoms with E-state index in [1.165, 1.54) is 0 Å². The molecule has 2 rings (SSSR count). The van der Waals surface area contributed by atoms with Crippen LogP contribution in [0.4, 0.5) is 11.4 Å². The third kappa shape index (κ3) is 3.30. The zero-order chi connectivity index (χ0) is 14.7. The minimum atomic E-state index is -1.02. The lowest BCUT2D eigenvalue weighted by Gasteiger charge is -2.16. The lowest BCUT2D eigenvalue weighted by Crippen LogP contribution is -2.41. The van der Waals surface area contributed by atoms with Crippen LogP contribution in [-0.2, 0) is 16.1 Å². The van der Waals surface area contributed by atoms with Crippen molar-refractivity contribution in [1.82, 2.24) is 5.32 Å². The normalized spacial score (nSPS) is 13.8. The van der Waals surface area contributed by atoms with Crippen molar-refractivity contribution >= 4 is 34.6 Å². The molecule has 0 fully saturated rings. The second kappa shape index (κ2) is 5.96. The van der Waals surface area contributed by atoms with E-state index in [0.29, 0.717) is 17.7 Å². The molecule has 1 atom stereocenters. The van der Waals surface area contributed by atoms with Crippen LogP contribution >= 0.6 is 0 Å². The number of aliphatic carboxylic acids is 1. The molecule has 1 aliphatic heterocycles. The van der Waals surface area contributed by atoms with Gasteiger partial charge < -0.3 is 10.4 Å². The number of benzene rings is 1. The molecule has 1 aliphatic rings. The van der Waals surface area contributed by atoms with E-state index in [1.54, 1.807) is 18.2 Å². The van der Waals surface area contributed by atoms with E-state index in [9.17, 15) is 9.59 Å². The number of carboxylic acids is 1. The van der Waals surface area contributed by atoms with E-state index < -0.39 is 17.9 Å². The molecule has 7 heteroatoms. The Morgan fingerprint density at radius 3 is 2.65 bits per heavy atom. The summed E-state index contributed by atoms with van der Waals surface area (Å²) in [6, 6.07) is 4.05. The fourth-order valence-electron chi connectivity index (χ4n) is 1.86. The topological polar surface area (TPSA) is 91.1 Å². The number of hydrogen-bond donors (Lipinski definition) is 2. The summed E-state index contributed by atoms with van der Waals surface area (Å²) in [5.41, 5.74) is 1.75. The fraction of sp³-hybridized carbons (Fsp3) is 0.385. The molecule has 1 unspecified atom stereocenters. The Labute approximate surface area is 120 Å². The monoisotopic (exact) mass is 293 g/mol. The summed E-state index contributed by atoms with van der Waals surface area (Å²) in [7, 11) is 0. The molecule has 0 saturated heterocycles. The number of carbonyl (C=O) groups excluding carboxylic acids is 1. The van der Waals surface area contributed by atoms with Crippen LogP contribution < -0.4 is 5.32 Å². The summed E-state index contributed by atoms with van der Waals surface area (Å²) in [6.45, 7) is 3.82. The molecule has 0 saturated carbocycles. The Bertz CT molecular complexity index is 621. The highest BCUT2D eigenvalue weighted by Gasteiger charge is 2.22. The first kappa shape index (κ1) is 14.4. The van der Waals surface area contributed by atoms with Gasteiger partial charge in [0, 0.05) is 5.56 Å². The van der Waals surface area contributed by atoms with Crippen LogP contribution in [-0.4, -0.2) is 23.0 Å². The third-order valence-corrected chi connectivity index (χ3v) is 3.38. The molecule has 0 aliphatic carbocycles. The quantitative estimate of drug-likeness (QED) is 0.887. The molecule has 1 aromatic carbocycles. The van der Waals surface area contributed by atoms with Crippen LogP contribution in [0.15, 0.2) is 26.9 Å². The van der Waals surface area contributed by atoms with Crippen molar-refractivity contribution in [3.8, 4) is 0 Å². The summed E-state index contributed by atoms with van der Waals surface area (Å²) < 4.78 is 8.11. The van der Waals surface area contributed by atoms with Gasteiger partial charge in [0.15, 0.2) is 0 Å². The zero-order valence-electron chi connectivity index (χ0n) is 11.2. The number of nitrogens with one attached hydrogen (secondary N) is 1. The maximum absolute atomic E-state index is 12.1. The molecular formula is C13H15N3O3S. The van der Waals surface area contributed by atoms with Crippen molar-refractivity contribution < 1.29 is 14.7 Å². The van der Waals surface area contributed by atoms with Crippen molar-refractivity contribution in [3.63, 3.8) is 0 Å². The second-order valence-electron chi connectivity index (χ2n) is 4.96. The Morgan fingerprint density at radius 2 is 2.00 bits per heavy atom. The highest BCUT2D eigenvalue weighted by atomic mass is 32.1. The number of fused-ring (bicyclic) bond motifs is 1. The Morgan fingerprint density at radius 1 is 1.30 bits per heavy atom. The van der Waals surface area contributed by atoms with Gasteiger partial charge in [0.25, 0.3) is 5.91 Å². The Hall–Kier alpha value is -2.02. The average molecular weight is 293 g/mol. The molecule has 20 heavy (non-hydrogen) atoms. The SMILES string of the molecule is CC(C)CC(NC(=O)c1ccc2c(c1)N=S=N2)C(=O)O. The lowest BCUT2D eigenvalue weighted by atomic mass is 10.0. The third-order valence-electron chi connectivity index (χ3n) is 2.83. The molecule has 0 aromatic heterocycles. The van der Waals surface area contributed by atoms with E-state index in [1.807, 2.05) is 13.8 Å². The van der Waals surface area contributed by atoms with Gasteiger partial charge in [-0.1, -0.05) is 13.8 Å². The van der Waals surface area contributed by atoms with E-state index in [0.717, 1.165) is 17.0 Å². The molecule has 6 nitrogen and oxygen atoms in total. The van der Waals surface area contributed by atoms with Crippen LogP contribution in [0.2, 0.25) is 0 Å². The van der Waals surface area contributed by atoms with Crippen molar-refractivity contribution in [3.05, 3.63) is 23.8 Å². The highest BCUT2D eigenvalue weighted by Crippen LogP contribution is 2.31. The first-order valence-electron chi connectivity index (χ1n) is 6.23. The molecule has 0 radical (unpaired) electrons. The first-order chi connectivity index (χ1) is 9.47. The van der Waals surface area contributed by atoms with E-state index in [4.69, 9.17) is 5.11 Å². The molecule has 1 heterocycles. The van der Waals surface area contributed by atoms with Crippen LogP contribution in [0.25, 0.3) is 0 Å². The van der Waals surface area contributed by atoms with Gasteiger partial charge in [-0.05, 0) is 30.5 Å². The smallest absolute Gasteiger partial charge is 0.326 e. The number of nitrogens with zero attached hydrogens (tertiary/aromatic N) is 2. The lowest BCUT2D eigenvalue weighted by molar-refractivity contribution is -0.139. The van der Waals surface area contributed by atoms with Crippen LogP contribution in [0.5, 0.6) is 0 Å². The van der Waals surface area contributed by atoms with Crippen molar-refractivity contribution in [2.45, 2.75) is 26.3 Å². The molecule has 1 amide bonds. The number of rotatable bonds is 5. The van der Waals surface area contributed by atoms with Gasteiger partial charge in [-0.15, -0.1) is 0 Å². The molecule has 106 valence electrons. The number of carboxylic acid groups (broad SMARTS) is 1. The molecular weight excluding hydrogens is 278 g/mol. The van der Waals surface area contributed by atoms with Gasteiger partial charge in [-0.25, -0.2) is 4.79 Å². The predicted octanol–water partition coefficient (Wildman–Crippen LogP) is 2.64. The van der Waals surface area contributed by atoms with Crippen molar-refractivity contribution in [2.75, 3.05) is 0 Å². The summed E-state index contributed by atoms with van der Waals surface area (Å²) in [5.74, 6) is -1.25. The van der Waals surface area contributed by atoms with Crippen molar-refractivity contribution in [2.24, 2.45) is 14.6 Å². The standard InChI is InChI=1S/C13H15N3O3S/c1-7(2)5-11(13(18)19)14-12(17)8-3-4-9-10(6-8)16-20-15-9/h3-4,6-7,11H,5H2,1-2H3,(H,14,17)(H,18,19). The Balaban J connectivity index is 2.11. The van der Waals surface area contributed by atoms with E-state index in [2.05, 4.69) is 14.0 Å².